The van der Waals surface area contributed by atoms with E-state index >= 15 is 0 Å². The van der Waals surface area contributed by atoms with E-state index in [0.717, 1.165) is 57.8 Å². The molecule has 1 fully saturated rings. The summed E-state index contributed by atoms with van der Waals surface area (Å²) in [7, 11) is 0. The average molecular weight is 940 g/mol. The summed E-state index contributed by atoms with van der Waals surface area (Å²) in [6.07, 6.45) is 40.9. The molecule has 11 heteroatoms. The molecule has 1 aliphatic heterocycles. The molecule has 11 nitrogen and oxygen atoms in total. The molecular formula is C55H105NO10. The lowest BCUT2D eigenvalue weighted by Crippen LogP contribution is -2.60. The number of unbranched alkanes of at least 4 members (excludes halogenated alkanes) is 32. The summed E-state index contributed by atoms with van der Waals surface area (Å²) < 4.78 is 11.1. The highest BCUT2D eigenvalue weighted by molar-refractivity contribution is 5.80. The number of amides is 1. The van der Waals surface area contributed by atoms with Gasteiger partial charge in [0, 0.05) is 0 Å². The Morgan fingerprint density at radius 1 is 0.530 bits per heavy atom. The van der Waals surface area contributed by atoms with Gasteiger partial charge in [-0.25, -0.2) is 0 Å². The Labute approximate surface area is 404 Å². The Hall–Kier alpha value is -1.41. The van der Waals surface area contributed by atoms with Crippen LogP contribution in [0.25, 0.3) is 0 Å². The summed E-state index contributed by atoms with van der Waals surface area (Å²) in [5.74, 6) is -0.707. The molecule has 0 aromatic heterocycles. The Bertz CT molecular complexity index is 1120. The molecule has 9 unspecified atom stereocenters. The third-order valence-electron chi connectivity index (χ3n) is 13.5. The monoisotopic (exact) mass is 940 g/mol. The SMILES string of the molecule is CCCCC/C=C\C=C/CCCCCCCC(O)C(=O)NC(COC1OC(CO)C(O)C(O)C1O)C(O)C(O)CCCCCCCCCCCCCCCCCCCCCCCCCCC. The number of allylic oxidation sites excluding steroid dienone is 4. The zero-order chi connectivity index (χ0) is 48.3. The first-order valence-electron chi connectivity index (χ1n) is 27.8. The van der Waals surface area contributed by atoms with Crippen molar-refractivity contribution in [2.24, 2.45) is 0 Å². The Kier molecular flexibility index (Phi) is 42.5. The summed E-state index contributed by atoms with van der Waals surface area (Å²) in [5, 5.41) is 76.0. The van der Waals surface area contributed by atoms with E-state index in [9.17, 15) is 40.5 Å². The molecule has 66 heavy (non-hydrogen) atoms. The van der Waals surface area contributed by atoms with Gasteiger partial charge in [0.2, 0.25) is 5.91 Å². The predicted molar refractivity (Wildman–Crippen MR) is 270 cm³/mol. The van der Waals surface area contributed by atoms with Crippen LogP contribution in [0.2, 0.25) is 0 Å². The number of carbonyl (C=O) groups is 1. The van der Waals surface area contributed by atoms with Gasteiger partial charge in [0.05, 0.1) is 25.4 Å². The van der Waals surface area contributed by atoms with Gasteiger partial charge in [0.1, 0.15) is 36.6 Å². The Morgan fingerprint density at radius 2 is 0.909 bits per heavy atom. The van der Waals surface area contributed by atoms with Gasteiger partial charge in [-0.05, 0) is 38.5 Å². The highest BCUT2D eigenvalue weighted by atomic mass is 16.7. The first kappa shape index (κ1) is 62.6. The number of hydrogen-bond donors (Lipinski definition) is 8. The normalized spacial score (nSPS) is 20.9. The minimum absolute atomic E-state index is 0.243. The van der Waals surface area contributed by atoms with Crippen LogP contribution < -0.4 is 5.32 Å². The topological polar surface area (TPSA) is 189 Å². The lowest BCUT2D eigenvalue weighted by Gasteiger charge is -2.40. The van der Waals surface area contributed by atoms with Crippen molar-refractivity contribution in [2.45, 2.75) is 306 Å². The van der Waals surface area contributed by atoms with Crippen molar-refractivity contribution in [1.29, 1.82) is 0 Å². The molecule has 8 N–H and O–H groups in total. The summed E-state index contributed by atoms with van der Waals surface area (Å²) in [6, 6.07) is -1.17. The average Bonchev–Trinajstić information content (AvgIpc) is 3.32. The van der Waals surface area contributed by atoms with Gasteiger partial charge in [-0.2, -0.15) is 0 Å². The van der Waals surface area contributed by atoms with Crippen LogP contribution in [0.15, 0.2) is 24.3 Å². The lowest BCUT2D eigenvalue weighted by molar-refractivity contribution is -0.303. The van der Waals surface area contributed by atoms with E-state index in [0.29, 0.717) is 19.3 Å². The van der Waals surface area contributed by atoms with Gasteiger partial charge < -0.3 is 50.5 Å². The summed E-state index contributed by atoms with van der Waals surface area (Å²) in [4.78, 5) is 13.1. The number of nitrogens with one attached hydrogen (secondary N) is 1. The molecule has 390 valence electrons. The van der Waals surface area contributed by atoms with Crippen LogP contribution >= 0.6 is 0 Å². The van der Waals surface area contributed by atoms with Crippen molar-refractivity contribution in [1.82, 2.24) is 5.32 Å². The first-order chi connectivity index (χ1) is 32.2. The second kappa shape index (κ2) is 44.8. The smallest absolute Gasteiger partial charge is 0.249 e. The molecular weight excluding hydrogens is 835 g/mol. The van der Waals surface area contributed by atoms with Gasteiger partial charge in [0.25, 0.3) is 0 Å². The van der Waals surface area contributed by atoms with Gasteiger partial charge >= 0.3 is 0 Å². The summed E-state index contributed by atoms with van der Waals surface area (Å²) in [6.45, 7) is 3.43. The number of carbonyl (C=O) groups excluding carboxylic acids is 1. The maximum atomic E-state index is 13.1. The molecule has 0 radical (unpaired) electrons. The number of ether oxygens (including phenoxy) is 2. The largest absolute Gasteiger partial charge is 0.394 e. The van der Waals surface area contributed by atoms with E-state index in [-0.39, 0.29) is 6.42 Å². The van der Waals surface area contributed by atoms with Crippen LogP contribution in [0.4, 0.5) is 0 Å². The third kappa shape index (κ3) is 33.2. The van der Waals surface area contributed by atoms with E-state index < -0.39 is 74.2 Å². The quantitative estimate of drug-likeness (QED) is 0.0215. The van der Waals surface area contributed by atoms with Gasteiger partial charge in [-0.3, -0.25) is 4.79 Å². The number of aliphatic hydroxyl groups is 7. The minimum Gasteiger partial charge on any atom is -0.394 e. The fourth-order valence-electron chi connectivity index (χ4n) is 8.96. The van der Waals surface area contributed by atoms with Crippen molar-refractivity contribution in [3.8, 4) is 0 Å². The van der Waals surface area contributed by atoms with E-state index in [2.05, 4.69) is 43.5 Å². The van der Waals surface area contributed by atoms with Crippen LogP contribution in [-0.4, -0.2) is 110 Å². The summed E-state index contributed by atoms with van der Waals surface area (Å²) >= 11 is 0. The van der Waals surface area contributed by atoms with Crippen LogP contribution in [-0.2, 0) is 14.3 Å². The van der Waals surface area contributed by atoms with Gasteiger partial charge in [-0.15, -0.1) is 0 Å². The lowest BCUT2D eigenvalue weighted by atomic mass is 9.98. The van der Waals surface area contributed by atoms with Crippen LogP contribution in [0.5, 0.6) is 0 Å². The van der Waals surface area contributed by atoms with E-state index in [1.165, 1.54) is 154 Å². The molecule has 0 bridgehead atoms. The molecule has 1 amide bonds. The fourth-order valence-corrected chi connectivity index (χ4v) is 8.96. The zero-order valence-corrected chi connectivity index (χ0v) is 42.4. The Morgan fingerprint density at radius 3 is 1.35 bits per heavy atom. The Balaban J connectivity index is 2.30. The maximum absolute atomic E-state index is 13.1. The summed E-state index contributed by atoms with van der Waals surface area (Å²) in [5.41, 5.74) is 0. The van der Waals surface area contributed by atoms with E-state index in [1.807, 2.05) is 0 Å². The molecule has 1 aliphatic rings. The highest BCUT2D eigenvalue weighted by Gasteiger charge is 2.44. The van der Waals surface area contributed by atoms with Crippen molar-refractivity contribution in [2.75, 3.05) is 13.2 Å². The highest BCUT2D eigenvalue weighted by Crippen LogP contribution is 2.23. The zero-order valence-electron chi connectivity index (χ0n) is 42.4. The second-order valence-corrected chi connectivity index (χ2v) is 19.7. The predicted octanol–water partition coefficient (Wildman–Crippen LogP) is 11.0. The molecule has 0 aromatic carbocycles. The standard InChI is InChI=1S/C55H105NO10/c1-3-5-7-9-11-13-15-17-19-20-21-22-23-24-25-26-27-28-29-31-32-34-36-38-40-42-47(58)50(60)46(45-65-55-53(63)52(62)51(61)49(44-57)66-55)56-54(64)48(59)43-41-39-37-35-33-30-18-16-14-12-10-8-6-4-2/h12,14,16,18,46-53,55,57-63H,3-11,13,15,17,19-45H2,1-2H3,(H,56,64)/b14-12-,18-16-. The third-order valence-corrected chi connectivity index (χ3v) is 13.5. The second-order valence-electron chi connectivity index (χ2n) is 19.7. The van der Waals surface area contributed by atoms with Gasteiger partial charge in [-0.1, -0.05) is 237 Å². The number of aliphatic hydroxyl groups excluding tert-OH is 7. The molecule has 1 heterocycles. The number of hydrogen-bond acceptors (Lipinski definition) is 10. The van der Waals surface area contributed by atoms with E-state index in [4.69, 9.17) is 9.47 Å². The van der Waals surface area contributed by atoms with Gasteiger partial charge in [0.15, 0.2) is 6.29 Å². The molecule has 1 rings (SSSR count). The first-order valence-corrected chi connectivity index (χ1v) is 27.8. The molecule has 1 saturated heterocycles. The molecule has 0 saturated carbocycles. The van der Waals surface area contributed by atoms with Crippen molar-refractivity contribution >= 4 is 5.91 Å². The van der Waals surface area contributed by atoms with Crippen LogP contribution in [0.3, 0.4) is 0 Å². The van der Waals surface area contributed by atoms with Crippen molar-refractivity contribution in [3.63, 3.8) is 0 Å². The minimum atomic E-state index is -1.66. The van der Waals surface area contributed by atoms with Crippen LogP contribution in [0.1, 0.15) is 251 Å². The van der Waals surface area contributed by atoms with Crippen molar-refractivity contribution < 1.29 is 50.0 Å². The van der Waals surface area contributed by atoms with Crippen LogP contribution in [0, 0.1) is 0 Å². The molecule has 0 spiro atoms. The molecule has 0 aliphatic carbocycles. The van der Waals surface area contributed by atoms with E-state index in [1.54, 1.807) is 0 Å². The molecule has 0 aromatic rings. The fraction of sp³-hybridized carbons (Fsp3) is 0.909. The van der Waals surface area contributed by atoms with Crippen molar-refractivity contribution in [3.05, 3.63) is 24.3 Å². The molecule has 9 atom stereocenters. The maximum Gasteiger partial charge on any atom is 0.249 e. The number of rotatable bonds is 47.